The van der Waals surface area contributed by atoms with Gasteiger partial charge in [0.1, 0.15) is 5.03 Å². The van der Waals surface area contributed by atoms with E-state index in [1.807, 2.05) is 24.3 Å². The molecule has 0 saturated heterocycles. The highest BCUT2D eigenvalue weighted by molar-refractivity contribution is 7.99. The number of aliphatic hydroxyl groups is 1. The Bertz CT molecular complexity index is 475. The lowest BCUT2D eigenvalue weighted by Gasteiger charge is -2.08. The Morgan fingerprint density at radius 3 is 2.81 bits per heavy atom. The van der Waals surface area contributed by atoms with Gasteiger partial charge in [-0.2, -0.15) is 0 Å². The maximum absolute atomic E-state index is 8.84. The summed E-state index contributed by atoms with van der Waals surface area (Å²) in [6.07, 6.45) is 2.57. The van der Waals surface area contributed by atoms with Gasteiger partial charge in [-0.25, -0.2) is 4.98 Å². The molecule has 1 aromatic heterocycles. The van der Waals surface area contributed by atoms with Gasteiger partial charge in [0.2, 0.25) is 0 Å². The molecular formula is C12H14N2OS. The summed E-state index contributed by atoms with van der Waals surface area (Å²) in [6.45, 7) is 2.30. The second-order valence-electron chi connectivity index (χ2n) is 3.64. The first-order valence-electron chi connectivity index (χ1n) is 5.29. The lowest BCUT2D eigenvalue weighted by molar-refractivity contribution is 0.289. The fourth-order valence-corrected chi connectivity index (χ4v) is 2.34. The van der Waals surface area contributed by atoms with Crippen LogP contribution in [0.5, 0.6) is 0 Å². The third kappa shape index (κ3) is 2.71. The molecule has 0 bridgehead atoms. The van der Waals surface area contributed by atoms with Crippen molar-refractivity contribution in [2.24, 2.45) is 0 Å². The molecule has 0 aliphatic heterocycles. The van der Waals surface area contributed by atoms with Gasteiger partial charge >= 0.3 is 0 Å². The summed E-state index contributed by atoms with van der Waals surface area (Å²) in [6, 6.07) is 7.83. The largest absolute Gasteiger partial charge is 0.396 e. The average molecular weight is 234 g/mol. The third-order valence-electron chi connectivity index (χ3n) is 2.28. The molecule has 16 heavy (non-hydrogen) atoms. The first-order valence-corrected chi connectivity index (χ1v) is 6.17. The number of hydrogen-bond acceptors (Lipinski definition) is 4. The summed E-state index contributed by atoms with van der Waals surface area (Å²) >= 11 is 1.65. The van der Waals surface area contributed by atoms with Gasteiger partial charge in [-0.05, 0) is 18.6 Å². The number of hydrogen-bond donors (Lipinski definition) is 1. The lowest BCUT2D eigenvalue weighted by atomic mass is 10.3. The van der Waals surface area contributed by atoms with E-state index in [4.69, 9.17) is 5.11 Å². The first kappa shape index (κ1) is 11.4. The summed E-state index contributed by atoms with van der Waals surface area (Å²) in [5, 5.41) is 10.1. The van der Waals surface area contributed by atoms with Crippen LogP contribution >= 0.6 is 11.8 Å². The molecule has 0 saturated carbocycles. The van der Waals surface area contributed by atoms with Crippen LogP contribution in [-0.4, -0.2) is 26.9 Å². The molecule has 1 atom stereocenters. The summed E-state index contributed by atoms with van der Waals surface area (Å²) in [5.74, 6) is 0. The van der Waals surface area contributed by atoms with E-state index in [1.165, 1.54) is 0 Å². The molecule has 0 amide bonds. The molecule has 0 aliphatic rings. The third-order valence-corrected chi connectivity index (χ3v) is 3.36. The van der Waals surface area contributed by atoms with E-state index >= 15 is 0 Å². The molecule has 0 radical (unpaired) electrons. The van der Waals surface area contributed by atoms with E-state index in [-0.39, 0.29) is 6.61 Å². The van der Waals surface area contributed by atoms with Gasteiger partial charge in [-0.3, -0.25) is 4.98 Å². The van der Waals surface area contributed by atoms with Crippen molar-refractivity contribution in [1.29, 1.82) is 0 Å². The van der Waals surface area contributed by atoms with Crippen LogP contribution in [0, 0.1) is 0 Å². The zero-order chi connectivity index (χ0) is 11.4. The van der Waals surface area contributed by atoms with Crippen molar-refractivity contribution < 1.29 is 5.11 Å². The predicted octanol–water partition coefficient (Wildman–Crippen LogP) is 2.49. The zero-order valence-corrected chi connectivity index (χ0v) is 9.94. The number of fused-ring (bicyclic) bond motifs is 1. The molecule has 1 unspecified atom stereocenters. The summed E-state index contributed by atoms with van der Waals surface area (Å²) < 4.78 is 0. The Hall–Kier alpha value is -1.13. The highest BCUT2D eigenvalue weighted by atomic mass is 32.2. The molecule has 84 valence electrons. The topological polar surface area (TPSA) is 46.0 Å². The summed E-state index contributed by atoms with van der Waals surface area (Å²) in [4.78, 5) is 8.86. The molecule has 2 rings (SSSR count). The van der Waals surface area contributed by atoms with Crippen molar-refractivity contribution in [3.05, 3.63) is 30.5 Å². The minimum Gasteiger partial charge on any atom is -0.396 e. The van der Waals surface area contributed by atoms with Crippen molar-refractivity contribution >= 4 is 22.8 Å². The van der Waals surface area contributed by atoms with Crippen LogP contribution in [0.25, 0.3) is 11.0 Å². The van der Waals surface area contributed by atoms with Crippen LogP contribution in [0.4, 0.5) is 0 Å². The molecule has 4 heteroatoms. The number of benzene rings is 1. The summed E-state index contributed by atoms with van der Waals surface area (Å²) in [5.41, 5.74) is 1.84. The minimum absolute atomic E-state index is 0.217. The molecular weight excluding hydrogens is 220 g/mol. The van der Waals surface area contributed by atoms with Gasteiger partial charge in [0, 0.05) is 11.9 Å². The number of aromatic nitrogens is 2. The maximum atomic E-state index is 8.84. The average Bonchev–Trinajstić information content (AvgIpc) is 2.29. The second kappa shape index (κ2) is 5.27. The molecule has 1 heterocycles. The van der Waals surface area contributed by atoms with Gasteiger partial charge in [-0.15, -0.1) is 11.8 Å². The maximum Gasteiger partial charge on any atom is 0.115 e. The van der Waals surface area contributed by atoms with Gasteiger partial charge < -0.3 is 5.11 Å². The van der Waals surface area contributed by atoms with E-state index in [0.717, 1.165) is 22.5 Å². The number of aliphatic hydroxyl groups excluding tert-OH is 1. The highest BCUT2D eigenvalue weighted by Crippen LogP contribution is 2.23. The smallest absolute Gasteiger partial charge is 0.115 e. The molecule has 1 aromatic carbocycles. The molecule has 2 aromatic rings. The molecule has 1 N–H and O–H groups in total. The van der Waals surface area contributed by atoms with E-state index in [2.05, 4.69) is 16.9 Å². The Kier molecular flexibility index (Phi) is 3.74. The Morgan fingerprint density at radius 2 is 2.06 bits per heavy atom. The lowest BCUT2D eigenvalue weighted by Crippen LogP contribution is -2.00. The van der Waals surface area contributed by atoms with Crippen LogP contribution in [0.1, 0.15) is 13.3 Å². The Balaban J connectivity index is 2.19. The van der Waals surface area contributed by atoms with Crippen LogP contribution in [0.15, 0.2) is 35.5 Å². The van der Waals surface area contributed by atoms with E-state index in [1.54, 1.807) is 18.0 Å². The number of para-hydroxylation sites is 2. The van der Waals surface area contributed by atoms with Crippen LogP contribution in [0.2, 0.25) is 0 Å². The quantitative estimate of drug-likeness (QED) is 0.826. The minimum atomic E-state index is 0.217. The van der Waals surface area contributed by atoms with E-state index in [9.17, 15) is 0 Å². The van der Waals surface area contributed by atoms with Crippen LogP contribution in [0.3, 0.4) is 0 Å². The van der Waals surface area contributed by atoms with Crippen molar-refractivity contribution in [3.8, 4) is 0 Å². The van der Waals surface area contributed by atoms with Crippen molar-refractivity contribution in [3.63, 3.8) is 0 Å². The van der Waals surface area contributed by atoms with Crippen LogP contribution in [-0.2, 0) is 0 Å². The fraction of sp³-hybridized carbons (Fsp3) is 0.333. The SMILES string of the molecule is CC(CCO)Sc1cnc2ccccc2n1. The Labute approximate surface area is 98.9 Å². The predicted molar refractivity (Wildman–Crippen MR) is 66.6 cm³/mol. The molecule has 0 spiro atoms. The number of rotatable bonds is 4. The van der Waals surface area contributed by atoms with Gasteiger partial charge in [0.05, 0.1) is 17.2 Å². The normalized spacial score (nSPS) is 12.9. The fourth-order valence-electron chi connectivity index (χ4n) is 1.44. The summed E-state index contributed by atoms with van der Waals surface area (Å²) in [7, 11) is 0. The van der Waals surface area contributed by atoms with Gasteiger partial charge in [0.25, 0.3) is 0 Å². The number of nitrogens with zero attached hydrogens (tertiary/aromatic N) is 2. The van der Waals surface area contributed by atoms with E-state index < -0.39 is 0 Å². The Morgan fingerprint density at radius 1 is 1.31 bits per heavy atom. The highest BCUT2D eigenvalue weighted by Gasteiger charge is 2.06. The van der Waals surface area contributed by atoms with Crippen molar-refractivity contribution in [1.82, 2.24) is 9.97 Å². The van der Waals surface area contributed by atoms with Gasteiger partial charge in [0.15, 0.2) is 0 Å². The molecule has 0 aliphatic carbocycles. The van der Waals surface area contributed by atoms with E-state index in [0.29, 0.717) is 5.25 Å². The molecule has 3 nitrogen and oxygen atoms in total. The van der Waals surface area contributed by atoms with Gasteiger partial charge in [-0.1, -0.05) is 19.1 Å². The molecule has 0 fully saturated rings. The standard InChI is InChI=1S/C12H14N2OS/c1-9(6-7-15)16-12-8-13-10-4-2-3-5-11(10)14-12/h2-5,8-9,15H,6-7H2,1H3. The van der Waals surface area contributed by atoms with Crippen molar-refractivity contribution in [2.45, 2.75) is 23.6 Å². The van der Waals surface area contributed by atoms with Crippen LogP contribution < -0.4 is 0 Å². The van der Waals surface area contributed by atoms with Crippen molar-refractivity contribution in [2.75, 3.05) is 6.61 Å². The first-order chi connectivity index (χ1) is 7.79. The second-order valence-corrected chi connectivity index (χ2v) is 5.10. The zero-order valence-electron chi connectivity index (χ0n) is 9.13. The number of thioether (sulfide) groups is 1. The monoisotopic (exact) mass is 234 g/mol.